The van der Waals surface area contributed by atoms with Gasteiger partial charge in [-0.15, -0.1) is 0 Å². The van der Waals surface area contributed by atoms with E-state index >= 15 is 0 Å². The molecule has 1 fully saturated rings. The number of hydrogen-bond acceptors (Lipinski definition) is 3. The number of ether oxygens (including phenoxy) is 3. The van der Waals surface area contributed by atoms with Crippen molar-refractivity contribution in [2.24, 2.45) is 0 Å². The first-order chi connectivity index (χ1) is 7.07. The fourth-order valence-electron chi connectivity index (χ4n) is 1.73. The van der Waals surface area contributed by atoms with E-state index in [4.69, 9.17) is 14.2 Å². The molecular weight excluding hydrogens is 194 g/mol. The van der Waals surface area contributed by atoms with Crippen molar-refractivity contribution in [1.29, 1.82) is 0 Å². The molecule has 1 saturated heterocycles. The highest BCUT2D eigenvalue weighted by molar-refractivity contribution is 4.67. The maximum Gasteiger partial charge on any atom is 0.207 e. The van der Waals surface area contributed by atoms with Crippen molar-refractivity contribution in [3.8, 4) is 0 Å². The molecule has 1 heterocycles. The lowest BCUT2D eigenvalue weighted by Gasteiger charge is -2.32. The summed E-state index contributed by atoms with van der Waals surface area (Å²) in [6.45, 7) is 8.22. The molecule has 90 valence electrons. The molecule has 1 aliphatic heterocycles. The van der Waals surface area contributed by atoms with Gasteiger partial charge < -0.3 is 18.7 Å². The van der Waals surface area contributed by atoms with Gasteiger partial charge in [-0.05, 0) is 13.8 Å². The Balaban J connectivity index is 2.32. The summed E-state index contributed by atoms with van der Waals surface area (Å²) in [5.41, 5.74) is 0. The van der Waals surface area contributed by atoms with E-state index in [0.29, 0.717) is 19.3 Å². The Morgan fingerprint density at radius 1 is 1.27 bits per heavy atom. The van der Waals surface area contributed by atoms with Gasteiger partial charge in [0.05, 0.1) is 20.7 Å². The SMILES string of the molecule is CCOC(C[N+](C)(C)CC1CO1)OCC. The smallest absolute Gasteiger partial charge is 0.207 e. The van der Waals surface area contributed by atoms with E-state index in [1.165, 1.54) is 0 Å². The van der Waals surface area contributed by atoms with Crippen LogP contribution in [0.3, 0.4) is 0 Å². The number of quaternary nitrogens is 1. The molecule has 0 aromatic rings. The van der Waals surface area contributed by atoms with Gasteiger partial charge >= 0.3 is 0 Å². The van der Waals surface area contributed by atoms with E-state index in [9.17, 15) is 0 Å². The summed E-state index contributed by atoms with van der Waals surface area (Å²) in [6, 6.07) is 0. The molecular formula is C11H24NO3+. The van der Waals surface area contributed by atoms with E-state index in [1.807, 2.05) is 13.8 Å². The molecule has 1 atom stereocenters. The fourth-order valence-corrected chi connectivity index (χ4v) is 1.73. The van der Waals surface area contributed by atoms with Gasteiger partial charge in [-0.2, -0.15) is 0 Å². The van der Waals surface area contributed by atoms with Gasteiger partial charge in [-0.1, -0.05) is 0 Å². The molecule has 0 amide bonds. The predicted molar refractivity (Wildman–Crippen MR) is 58.6 cm³/mol. The minimum Gasteiger partial charge on any atom is -0.367 e. The third-order valence-electron chi connectivity index (χ3n) is 2.45. The van der Waals surface area contributed by atoms with Crippen molar-refractivity contribution in [3.63, 3.8) is 0 Å². The van der Waals surface area contributed by atoms with Crippen LogP contribution in [0.1, 0.15) is 13.8 Å². The number of nitrogens with zero attached hydrogens (tertiary/aromatic N) is 1. The first-order valence-electron chi connectivity index (χ1n) is 5.74. The Bertz CT molecular complexity index is 175. The van der Waals surface area contributed by atoms with Crippen LogP contribution in [-0.4, -0.2) is 63.9 Å². The average Bonchev–Trinajstić information content (AvgIpc) is 2.87. The van der Waals surface area contributed by atoms with E-state index in [1.54, 1.807) is 0 Å². The van der Waals surface area contributed by atoms with Crippen LogP contribution in [0.15, 0.2) is 0 Å². The van der Waals surface area contributed by atoms with E-state index in [0.717, 1.165) is 24.2 Å². The highest BCUT2D eigenvalue weighted by Gasteiger charge is 2.33. The Hall–Kier alpha value is -0.160. The molecule has 4 nitrogen and oxygen atoms in total. The largest absolute Gasteiger partial charge is 0.367 e. The molecule has 0 radical (unpaired) electrons. The third kappa shape index (κ3) is 5.47. The summed E-state index contributed by atoms with van der Waals surface area (Å²) in [6.07, 6.45) is 0.359. The van der Waals surface area contributed by atoms with Gasteiger partial charge in [-0.25, -0.2) is 0 Å². The normalized spacial score (nSPS) is 21.0. The second-order valence-electron chi connectivity index (χ2n) is 4.60. The molecule has 0 spiro atoms. The lowest BCUT2D eigenvalue weighted by Crippen LogP contribution is -2.49. The van der Waals surface area contributed by atoms with Gasteiger partial charge in [-0.3, -0.25) is 0 Å². The van der Waals surface area contributed by atoms with Crippen LogP contribution in [0.2, 0.25) is 0 Å². The zero-order valence-electron chi connectivity index (χ0n) is 10.4. The van der Waals surface area contributed by atoms with Gasteiger partial charge in [0, 0.05) is 13.2 Å². The fraction of sp³-hybridized carbons (Fsp3) is 1.00. The molecule has 0 aromatic carbocycles. The molecule has 0 N–H and O–H groups in total. The predicted octanol–water partition coefficient (Wildman–Crippen LogP) is 0.861. The Morgan fingerprint density at radius 3 is 2.20 bits per heavy atom. The van der Waals surface area contributed by atoms with Crippen molar-refractivity contribution in [2.75, 3.05) is 47.0 Å². The molecule has 0 aliphatic carbocycles. The second kappa shape index (κ2) is 5.80. The number of hydrogen-bond donors (Lipinski definition) is 0. The summed E-state index contributed by atoms with van der Waals surface area (Å²) >= 11 is 0. The van der Waals surface area contributed by atoms with Crippen LogP contribution in [0, 0.1) is 0 Å². The average molecular weight is 218 g/mol. The lowest BCUT2D eigenvalue weighted by atomic mass is 10.3. The van der Waals surface area contributed by atoms with Gasteiger partial charge in [0.15, 0.2) is 0 Å². The van der Waals surface area contributed by atoms with E-state index in [2.05, 4.69) is 14.1 Å². The third-order valence-corrected chi connectivity index (χ3v) is 2.45. The van der Waals surface area contributed by atoms with Crippen molar-refractivity contribution in [1.82, 2.24) is 0 Å². The first kappa shape index (κ1) is 12.9. The summed E-state index contributed by atoms with van der Waals surface area (Å²) in [4.78, 5) is 0. The summed E-state index contributed by atoms with van der Waals surface area (Å²) < 4.78 is 17.2. The molecule has 1 aliphatic rings. The van der Waals surface area contributed by atoms with Crippen molar-refractivity contribution in [2.45, 2.75) is 26.2 Å². The lowest BCUT2D eigenvalue weighted by molar-refractivity contribution is -0.896. The minimum atomic E-state index is -0.0891. The Morgan fingerprint density at radius 2 is 1.80 bits per heavy atom. The molecule has 0 aromatic heterocycles. The maximum absolute atomic E-state index is 5.54. The van der Waals surface area contributed by atoms with Gasteiger partial charge in [0.1, 0.15) is 19.2 Å². The van der Waals surface area contributed by atoms with Crippen LogP contribution in [0.25, 0.3) is 0 Å². The van der Waals surface area contributed by atoms with Crippen LogP contribution >= 0.6 is 0 Å². The van der Waals surface area contributed by atoms with Crippen LogP contribution < -0.4 is 0 Å². The maximum atomic E-state index is 5.54. The molecule has 0 saturated carbocycles. The van der Waals surface area contributed by atoms with Crippen LogP contribution in [0.5, 0.6) is 0 Å². The molecule has 1 rings (SSSR count). The summed E-state index contributed by atoms with van der Waals surface area (Å²) in [7, 11) is 4.37. The number of epoxide rings is 1. The Kier molecular flexibility index (Phi) is 4.99. The molecule has 0 bridgehead atoms. The standard InChI is InChI=1S/C11H24NO3/c1-5-13-11(14-6-2)8-12(3,4)7-10-9-15-10/h10-11H,5-9H2,1-4H3/q+1. The minimum absolute atomic E-state index is 0.0891. The first-order valence-corrected chi connectivity index (χ1v) is 5.74. The van der Waals surface area contributed by atoms with Gasteiger partial charge in [0.25, 0.3) is 0 Å². The highest BCUT2D eigenvalue weighted by atomic mass is 16.7. The van der Waals surface area contributed by atoms with Crippen molar-refractivity contribution >= 4 is 0 Å². The number of likely N-dealkylation sites (N-methyl/N-ethyl adjacent to an activating group) is 1. The molecule has 4 heteroatoms. The van der Waals surface area contributed by atoms with E-state index < -0.39 is 0 Å². The van der Waals surface area contributed by atoms with Gasteiger partial charge in [0.2, 0.25) is 6.29 Å². The summed E-state index contributed by atoms with van der Waals surface area (Å²) in [5.74, 6) is 0. The Labute approximate surface area is 92.7 Å². The topological polar surface area (TPSA) is 31.0 Å². The highest BCUT2D eigenvalue weighted by Crippen LogP contribution is 2.15. The second-order valence-corrected chi connectivity index (χ2v) is 4.60. The zero-order valence-corrected chi connectivity index (χ0v) is 10.4. The van der Waals surface area contributed by atoms with E-state index in [-0.39, 0.29) is 6.29 Å². The monoisotopic (exact) mass is 218 g/mol. The molecule has 1 unspecified atom stereocenters. The van der Waals surface area contributed by atoms with Crippen molar-refractivity contribution < 1.29 is 18.7 Å². The van der Waals surface area contributed by atoms with Crippen molar-refractivity contribution in [3.05, 3.63) is 0 Å². The van der Waals surface area contributed by atoms with Crippen LogP contribution in [-0.2, 0) is 14.2 Å². The molecule has 15 heavy (non-hydrogen) atoms. The zero-order chi connectivity index (χ0) is 11.3. The number of rotatable bonds is 8. The quantitative estimate of drug-likeness (QED) is 0.344. The van der Waals surface area contributed by atoms with Crippen LogP contribution in [0.4, 0.5) is 0 Å². The summed E-state index contributed by atoms with van der Waals surface area (Å²) in [5, 5.41) is 0.